The lowest BCUT2D eigenvalue weighted by molar-refractivity contribution is -0.116. The van der Waals surface area contributed by atoms with Gasteiger partial charge in [0.25, 0.3) is 0 Å². The summed E-state index contributed by atoms with van der Waals surface area (Å²) in [5.74, 6) is 0.577. The molecule has 2 amide bonds. The van der Waals surface area contributed by atoms with Crippen LogP contribution in [0.4, 0.5) is 11.4 Å². The summed E-state index contributed by atoms with van der Waals surface area (Å²) in [5.41, 5.74) is 5.21. The molecule has 1 heterocycles. The molecule has 0 bridgehead atoms. The van der Waals surface area contributed by atoms with E-state index in [0.717, 1.165) is 22.5 Å². The third kappa shape index (κ3) is 5.66. The quantitative estimate of drug-likeness (QED) is 0.469. The largest absolute Gasteiger partial charge is 0.326 e. The lowest BCUT2D eigenvalue weighted by Gasteiger charge is -2.26. The van der Waals surface area contributed by atoms with E-state index in [9.17, 15) is 9.59 Å². The first-order chi connectivity index (χ1) is 15.8. The molecular formula is C28H30N2O2S. The Hall–Kier alpha value is -3.05. The van der Waals surface area contributed by atoms with Gasteiger partial charge in [0.05, 0.1) is 5.75 Å². The topological polar surface area (TPSA) is 49.4 Å². The van der Waals surface area contributed by atoms with Gasteiger partial charge in [0, 0.05) is 17.8 Å². The SMILES string of the molecule is CC(C)(C)c1ccc(N2C(=O)CS[C@H]2c2ccc(NC(=O)CCc3ccccc3)cc2)cc1. The zero-order valence-electron chi connectivity index (χ0n) is 19.4. The zero-order valence-corrected chi connectivity index (χ0v) is 20.2. The van der Waals surface area contributed by atoms with Gasteiger partial charge < -0.3 is 5.32 Å². The predicted molar refractivity (Wildman–Crippen MR) is 138 cm³/mol. The van der Waals surface area contributed by atoms with Gasteiger partial charge >= 0.3 is 0 Å². The van der Waals surface area contributed by atoms with Gasteiger partial charge in [-0.15, -0.1) is 11.8 Å². The highest BCUT2D eigenvalue weighted by molar-refractivity contribution is 8.00. The van der Waals surface area contributed by atoms with E-state index in [-0.39, 0.29) is 22.6 Å². The first-order valence-corrected chi connectivity index (χ1v) is 12.3. The molecule has 3 aromatic rings. The standard InChI is InChI=1S/C28H30N2O2S/c1-28(2,3)22-12-16-24(17-13-22)30-26(32)19-33-27(30)21-10-14-23(15-11-21)29-25(31)18-9-20-7-5-4-6-8-20/h4-8,10-17,27H,9,18-19H2,1-3H3,(H,29,31)/t27-/m0/s1. The van der Waals surface area contributed by atoms with Crippen molar-refractivity contribution >= 4 is 35.0 Å². The summed E-state index contributed by atoms with van der Waals surface area (Å²) >= 11 is 1.63. The Labute approximate surface area is 200 Å². The van der Waals surface area contributed by atoms with E-state index in [1.165, 1.54) is 5.56 Å². The van der Waals surface area contributed by atoms with Crippen molar-refractivity contribution in [3.63, 3.8) is 0 Å². The van der Waals surface area contributed by atoms with Crippen molar-refractivity contribution in [3.05, 3.63) is 95.6 Å². The molecule has 170 valence electrons. The fourth-order valence-corrected chi connectivity index (χ4v) is 5.11. The summed E-state index contributed by atoms with van der Waals surface area (Å²) in [6, 6.07) is 26.1. The van der Waals surface area contributed by atoms with Gasteiger partial charge in [-0.2, -0.15) is 0 Å². The van der Waals surface area contributed by atoms with Gasteiger partial charge in [-0.25, -0.2) is 0 Å². The molecule has 0 spiro atoms. The van der Waals surface area contributed by atoms with Gasteiger partial charge in [-0.3, -0.25) is 14.5 Å². The fourth-order valence-electron chi connectivity index (χ4n) is 3.93. The van der Waals surface area contributed by atoms with Crippen molar-refractivity contribution in [2.24, 2.45) is 0 Å². The van der Waals surface area contributed by atoms with Crippen LogP contribution in [0.15, 0.2) is 78.9 Å². The summed E-state index contributed by atoms with van der Waals surface area (Å²) < 4.78 is 0. The number of benzene rings is 3. The Morgan fingerprint density at radius 2 is 1.64 bits per heavy atom. The number of nitrogens with one attached hydrogen (secondary N) is 1. The summed E-state index contributed by atoms with van der Waals surface area (Å²) in [5, 5.41) is 2.91. The second-order valence-electron chi connectivity index (χ2n) is 9.38. The van der Waals surface area contributed by atoms with Crippen molar-refractivity contribution in [2.75, 3.05) is 16.0 Å². The lowest BCUT2D eigenvalue weighted by Crippen LogP contribution is -2.28. The van der Waals surface area contributed by atoms with Gasteiger partial charge in [-0.05, 0) is 52.8 Å². The maximum atomic E-state index is 12.7. The number of carbonyl (C=O) groups excluding carboxylic acids is 2. The van der Waals surface area contributed by atoms with E-state index >= 15 is 0 Å². The third-order valence-electron chi connectivity index (χ3n) is 5.84. The second kappa shape index (κ2) is 9.84. The van der Waals surface area contributed by atoms with Crippen LogP contribution >= 0.6 is 11.8 Å². The van der Waals surface area contributed by atoms with Gasteiger partial charge in [-0.1, -0.05) is 75.4 Å². The van der Waals surface area contributed by atoms with Crippen molar-refractivity contribution in [2.45, 2.75) is 44.4 Å². The fraction of sp³-hybridized carbons (Fsp3) is 0.286. The van der Waals surface area contributed by atoms with E-state index in [1.807, 2.05) is 71.6 Å². The maximum absolute atomic E-state index is 12.7. The molecule has 4 nitrogen and oxygen atoms in total. The normalized spacial score (nSPS) is 16.2. The molecule has 0 aromatic heterocycles. The van der Waals surface area contributed by atoms with Crippen LogP contribution in [0, 0.1) is 0 Å². The van der Waals surface area contributed by atoms with Crippen molar-refractivity contribution in [1.82, 2.24) is 0 Å². The molecule has 5 heteroatoms. The Morgan fingerprint density at radius 1 is 0.970 bits per heavy atom. The Morgan fingerprint density at radius 3 is 2.27 bits per heavy atom. The highest BCUT2D eigenvalue weighted by atomic mass is 32.2. The smallest absolute Gasteiger partial charge is 0.238 e. The third-order valence-corrected chi connectivity index (χ3v) is 7.05. The van der Waals surface area contributed by atoms with Gasteiger partial charge in [0.15, 0.2) is 0 Å². The molecular weight excluding hydrogens is 428 g/mol. The Balaban J connectivity index is 1.42. The molecule has 0 aliphatic carbocycles. The molecule has 0 radical (unpaired) electrons. The zero-order chi connectivity index (χ0) is 23.4. The summed E-state index contributed by atoms with van der Waals surface area (Å²) in [4.78, 5) is 26.9. The van der Waals surface area contributed by atoms with E-state index in [0.29, 0.717) is 18.6 Å². The molecule has 1 saturated heterocycles. The molecule has 0 unspecified atom stereocenters. The number of hydrogen-bond donors (Lipinski definition) is 1. The van der Waals surface area contributed by atoms with E-state index in [2.05, 4.69) is 38.2 Å². The minimum Gasteiger partial charge on any atom is -0.326 e. The highest BCUT2D eigenvalue weighted by Crippen LogP contribution is 2.42. The molecule has 1 aliphatic rings. The minimum atomic E-state index is -0.0687. The van der Waals surface area contributed by atoms with E-state index in [1.54, 1.807) is 11.8 Å². The van der Waals surface area contributed by atoms with Crippen LogP contribution in [0.1, 0.15) is 49.3 Å². The summed E-state index contributed by atoms with van der Waals surface area (Å²) in [7, 11) is 0. The van der Waals surface area contributed by atoms with Crippen LogP contribution in [-0.4, -0.2) is 17.6 Å². The van der Waals surface area contributed by atoms with Gasteiger partial charge in [0.2, 0.25) is 11.8 Å². The van der Waals surface area contributed by atoms with Crippen LogP contribution in [-0.2, 0) is 21.4 Å². The maximum Gasteiger partial charge on any atom is 0.238 e. The molecule has 1 atom stereocenters. The number of carbonyl (C=O) groups is 2. The highest BCUT2D eigenvalue weighted by Gasteiger charge is 2.34. The molecule has 0 saturated carbocycles. The summed E-state index contributed by atoms with van der Waals surface area (Å²) in [6.45, 7) is 6.55. The van der Waals surface area contributed by atoms with Crippen LogP contribution in [0.5, 0.6) is 0 Å². The van der Waals surface area contributed by atoms with E-state index in [4.69, 9.17) is 0 Å². The molecule has 3 aromatic carbocycles. The first kappa shape index (κ1) is 23.1. The van der Waals surface area contributed by atoms with Crippen molar-refractivity contribution in [3.8, 4) is 0 Å². The Bertz CT molecular complexity index is 1100. The number of amides is 2. The number of aryl methyl sites for hydroxylation is 1. The predicted octanol–water partition coefficient (Wildman–Crippen LogP) is 6.33. The molecule has 4 rings (SSSR count). The van der Waals surface area contributed by atoms with Crippen molar-refractivity contribution in [1.29, 1.82) is 0 Å². The van der Waals surface area contributed by atoms with Crippen LogP contribution in [0.2, 0.25) is 0 Å². The Kier molecular flexibility index (Phi) is 6.89. The number of nitrogens with zero attached hydrogens (tertiary/aromatic N) is 1. The number of hydrogen-bond acceptors (Lipinski definition) is 3. The molecule has 1 fully saturated rings. The second-order valence-corrected chi connectivity index (χ2v) is 10.4. The van der Waals surface area contributed by atoms with Crippen molar-refractivity contribution < 1.29 is 9.59 Å². The number of thioether (sulfide) groups is 1. The number of anilines is 2. The lowest BCUT2D eigenvalue weighted by atomic mass is 9.87. The van der Waals surface area contributed by atoms with E-state index < -0.39 is 0 Å². The minimum absolute atomic E-state index is 0.00223. The van der Waals surface area contributed by atoms with Crippen LogP contribution in [0.3, 0.4) is 0 Å². The summed E-state index contributed by atoms with van der Waals surface area (Å²) in [6.07, 6.45) is 1.16. The van der Waals surface area contributed by atoms with Crippen LogP contribution < -0.4 is 10.2 Å². The average Bonchev–Trinajstić information content (AvgIpc) is 3.20. The van der Waals surface area contributed by atoms with Crippen LogP contribution in [0.25, 0.3) is 0 Å². The average molecular weight is 459 g/mol. The molecule has 1 N–H and O–H groups in total. The monoisotopic (exact) mass is 458 g/mol. The molecule has 33 heavy (non-hydrogen) atoms. The number of rotatable bonds is 6. The first-order valence-electron chi connectivity index (χ1n) is 11.3. The van der Waals surface area contributed by atoms with Gasteiger partial charge in [0.1, 0.15) is 5.37 Å². The molecule has 1 aliphatic heterocycles.